The summed E-state index contributed by atoms with van der Waals surface area (Å²) in [7, 11) is -0.624. The maximum atomic E-state index is 6.06. The van der Waals surface area contributed by atoms with Crippen molar-refractivity contribution in [3.05, 3.63) is 34.9 Å². The van der Waals surface area contributed by atoms with Crippen molar-refractivity contribution in [2.75, 3.05) is 37.0 Å². The zero-order chi connectivity index (χ0) is 15.5. The molecule has 1 heterocycles. The van der Waals surface area contributed by atoms with Crippen molar-refractivity contribution in [2.24, 2.45) is 0 Å². The lowest BCUT2D eigenvalue weighted by Crippen LogP contribution is -2.11. The fourth-order valence-electron chi connectivity index (χ4n) is 1.98. The van der Waals surface area contributed by atoms with Gasteiger partial charge in [-0.15, -0.1) is 0 Å². The summed E-state index contributed by atoms with van der Waals surface area (Å²) in [5.74, 6) is 0.815. The van der Waals surface area contributed by atoms with Crippen LogP contribution in [0, 0.1) is 0 Å². The van der Waals surface area contributed by atoms with Crippen molar-refractivity contribution in [2.45, 2.75) is 6.54 Å². The molecule has 0 unspecified atom stereocenters. The number of nitrogens with two attached hydrogens (primary N) is 1. The normalized spacial score (nSPS) is 12.6. The molecule has 6 heteroatoms. The second-order valence-electron chi connectivity index (χ2n) is 5.80. The number of ether oxygens (including phenoxy) is 1. The van der Waals surface area contributed by atoms with Gasteiger partial charge in [0.25, 0.3) is 0 Å². The molecule has 0 bridgehead atoms. The fourth-order valence-corrected chi connectivity index (χ4v) is 3.00. The number of anilines is 1. The Morgan fingerprint density at radius 1 is 1.33 bits per heavy atom. The molecular weight excluding hydrogens is 350 g/mol. The van der Waals surface area contributed by atoms with Crippen molar-refractivity contribution in [3.63, 3.8) is 0 Å². The molecule has 2 N–H and O–H groups in total. The lowest BCUT2D eigenvalue weighted by molar-refractivity contribution is 0.168. The van der Waals surface area contributed by atoms with E-state index in [2.05, 4.69) is 39.8 Å². The summed E-state index contributed by atoms with van der Waals surface area (Å²) < 4.78 is 8.69. The molecule has 0 radical (unpaired) electrons. The first-order chi connectivity index (χ1) is 9.87. The van der Waals surface area contributed by atoms with Crippen LogP contribution in [0.1, 0.15) is 0 Å². The Morgan fingerprint density at radius 2 is 2.10 bits per heavy atom. The van der Waals surface area contributed by atoms with E-state index < -0.39 is 10.0 Å². The standard InChI is InChI=1S/C15H22BrN3OS/c1-21(2,3)11-20-8-7-19-15(14(17)10-18-19)12-5-4-6-13(16)9-12/h4-6,9-10H,7-8,11,17H2,1-3H3. The second-order valence-corrected chi connectivity index (χ2v) is 11.1. The number of halogens is 1. The molecule has 0 saturated heterocycles. The molecule has 2 aromatic rings. The molecule has 0 aliphatic carbocycles. The third kappa shape index (κ3) is 4.76. The lowest BCUT2D eigenvalue weighted by atomic mass is 10.1. The van der Waals surface area contributed by atoms with Crippen LogP contribution >= 0.6 is 26.0 Å². The molecule has 2 rings (SSSR count). The van der Waals surface area contributed by atoms with Crippen molar-refractivity contribution < 1.29 is 4.74 Å². The Bertz CT molecular complexity index is 607. The molecule has 116 valence electrons. The van der Waals surface area contributed by atoms with E-state index in [9.17, 15) is 0 Å². The number of benzene rings is 1. The first-order valence-corrected chi connectivity index (χ1v) is 10.5. The summed E-state index contributed by atoms with van der Waals surface area (Å²) in [5, 5.41) is 4.36. The average molecular weight is 372 g/mol. The first kappa shape index (κ1) is 16.4. The third-order valence-electron chi connectivity index (χ3n) is 2.85. The summed E-state index contributed by atoms with van der Waals surface area (Å²) in [5.41, 5.74) is 8.75. The summed E-state index contributed by atoms with van der Waals surface area (Å²) in [6.45, 7) is 1.35. The molecule has 1 aromatic carbocycles. The minimum absolute atomic E-state index is 0.624. The highest BCUT2D eigenvalue weighted by molar-refractivity contribution is 9.10. The van der Waals surface area contributed by atoms with Crippen molar-refractivity contribution in [1.82, 2.24) is 9.78 Å². The number of hydrogen-bond donors (Lipinski definition) is 1. The van der Waals surface area contributed by atoms with E-state index in [0.29, 0.717) is 18.8 Å². The lowest BCUT2D eigenvalue weighted by Gasteiger charge is -2.24. The summed E-state index contributed by atoms with van der Waals surface area (Å²) in [6.07, 6.45) is 8.43. The Hall–Kier alpha value is -0.980. The third-order valence-corrected chi connectivity index (χ3v) is 4.22. The van der Waals surface area contributed by atoms with E-state index in [1.54, 1.807) is 6.20 Å². The van der Waals surface area contributed by atoms with Crippen molar-refractivity contribution in [3.8, 4) is 11.3 Å². The molecule has 1 aromatic heterocycles. The van der Waals surface area contributed by atoms with E-state index in [1.165, 1.54) is 0 Å². The van der Waals surface area contributed by atoms with Gasteiger partial charge in [-0.05, 0) is 30.9 Å². The van der Waals surface area contributed by atoms with E-state index in [0.717, 1.165) is 21.7 Å². The number of aromatic nitrogens is 2. The van der Waals surface area contributed by atoms with Crippen molar-refractivity contribution >= 4 is 31.6 Å². The smallest absolute Gasteiger partial charge is 0.0913 e. The summed E-state index contributed by atoms with van der Waals surface area (Å²) in [4.78, 5) is 0. The van der Waals surface area contributed by atoms with Crippen molar-refractivity contribution in [1.29, 1.82) is 0 Å². The van der Waals surface area contributed by atoms with Gasteiger partial charge in [0.1, 0.15) is 0 Å². The van der Waals surface area contributed by atoms with E-state index in [4.69, 9.17) is 10.5 Å². The predicted octanol–water partition coefficient (Wildman–Crippen LogP) is 3.56. The number of nitrogens with zero attached hydrogens (tertiary/aromatic N) is 2. The molecule has 0 spiro atoms. The van der Waals surface area contributed by atoms with Crippen LogP contribution in [0.25, 0.3) is 11.3 Å². The van der Waals surface area contributed by atoms with Gasteiger partial charge in [-0.3, -0.25) is 4.68 Å². The van der Waals surface area contributed by atoms with Crippen LogP contribution < -0.4 is 5.73 Å². The molecule has 0 aliphatic rings. The van der Waals surface area contributed by atoms with Crippen LogP contribution in [0.4, 0.5) is 5.69 Å². The van der Waals surface area contributed by atoms with Gasteiger partial charge in [-0.25, -0.2) is 10.0 Å². The fraction of sp³-hybridized carbons (Fsp3) is 0.400. The second kappa shape index (κ2) is 6.85. The minimum atomic E-state index is -0.624. The zero-order valence-corrected chi connectivity index (χ0v) is 15.1. The number of hydrogen-bond acceptors (Lipinski definition) is 3. The molecule has 21 heavy (non-hydrogen) atoms. The maximum absolute atomic E-state index is 6.06. The van der Waals surface area contributed by atoms with E-state index >= 15 is 0 Å². The highest BCUT2D eigenvalue weighted by atomic mass is 79.9. The van der Waals surface area contributed by atoms with Crippen LogP contribution in [0.5, 0.6) is 0 Å². The van der Waals surface area contributed by atoms with E-state index in [-0.39, 0.29) is 0 Å². The Labute approximate surface area is 136 Å². The van der Waals surface area contributed by atoms with Gasteiger partial charge >= 0.3 is 0 Å². The van der Waals surface area contributed by atoms with Crippen LogP contribution in [0.3, 0.4) is 0 Å². The number of rotatable bonds is 6. The largest absolute Gasteiger partial charge is 0.396 e. The Balaban J connectivity index is 2.08. The highest BCUT2D eigenvalue weighted by Crippen LogP contribution is 2.34. The monoisotopic (exact) mass is 371 g/mol. The number of nitrogen functional groups attached to an aromatic ring is 1. The van der Waals surface area contributed by atoms with Gasteiger partial charge < -0.3 is 10.5 Å². The van der Waals surface area contributed by atoms with Gasteiger partial charge in [0.15, 0.2) is 0 Å². The Morgan fingerprint density at radius 3 is 2.76 bits per heavy atom. The maximum Gasteiger partial charge on any atom is 0.0913 e. The molecule has 0 fully saturated rings. The van der Waals surface area contributed by atoms with Gasteiger partial charge in [-0.1, -0.05) is 28.1 Å². The van der Waals surface area contributed by atoms with E-state index in [1.807, 2.05) is 28.9 Å². The molecule has 4 nitrogen and oxygen atoms in total. The SMILES string of the molecule is CS(C)(C)COCCn1ncc(N)c1-c1cccc(Br)c1. The minimum Gasteiger partial charge on any atom is -0.396 e. The van der Waals surface area contributed by atoms with Gasteiger partial charge in [0, 0.05) is 10.0 Å². The molecule has 0 atom stereocenters. The average Bonchev–Trinajstić information content (AvgIpc) is 2.75. The molecule has 0 amide bonds. The molecule has 0 aliphatic heterocycles. The quantitative estimate of drug-likeness (QED) is 0.789. The van der Waals surface area contributed by atoms with Crippen LogP contribution in [-0.4, -0.2) is 41.1 Å². The van der Waals surface area contributed by atoms with Gasteiger partial charge in [0.2, 0.25) is 0 Å². The Kier molecular flexibility index (Phi) is 5.35. The first-order valence-electron chi connectivity index (χ1n) is 6.68. The molecule has 0 saturated carbocycles. The van der Waals surface area contributed by atoms with Crippen LogP contribution in [-0.2, 0) is 11.3 Å². The topological polar surface area (TPSA) is 53.1 Å². The zero-order valence-electron chi connectivity index (χ0n) is 12.7. The van der Waals surface area contributed by atoms with Crippen LogP contribution in [0.2, 0.25) is 0 Å². The molecular formula is C15H22BrN3OS. The summed E-state index contributed by atoms with van der Waals surface area (Å²) in [6, 6.07) is 8.07. The summed E-state index contributed by atoms with van der Waals surface area (Å²) >= 11 is 3.49. The van der Waals surface area contributed by atoms with Gasteiger partial charge in [-0.2, -0.15) is 5.10 Å². The van der Waals surface area contributed by atoms with Gasteiger partial charge in [0.05, 0.1) is 36.7 Å². The highest BCUT2D eigenvalue weighted by Gasteiger charge is 2.11. The van der Waals surface area contributed by atoms with Crippen LogP contribution in [0.15, 0.2) is 34.9 Å². The predicted molar refractivity (Wildman–Crippen MR) is 96.0 cm³/mol.